The van der Waals surface area contributed by atoms with Crippen molar-refractivity contribution >= 4 is 29.0 Å². The number of benzene rings is 2. The average molecular weight is 448 g/mol. The van der Waals surface area contributed by atoms with Crippen LogP contribution in [0, 0.1) is 0 Å². The van der Waals surface area contributed by atoms with E-state index in [1.807, 2.05) is 88.1 Å². The van der Waals surface area contributed by atoms with E-state index in [2.05, 4.69) is 15.2 Å². The monoisotopic (exact) mass is 447 g/mol. The van der Waals surface area contributed by atoms with Crippen molar-refractivity contribution in [3.05, 3.63) is 89.8 Å². The lowest BCUT2D eigenvalue weighted by Gasteiger charge is -2.12. The molecule has 6 nitrogen and oxygen atoms in total. The number of nitrogens with zero attached hydrogens (tertiary/aromatic N) is 5. The molecule has 0 fully saturated rings. The van der Waals surface area contributed by atoms with Gasteiger partial charge >= 0.3 is 0 Å². The molecule has 0 bridgehead atoms. The Kier molecular flexibility index (Phi) is 5.36. The van der Waals surface area contributed by atoms with Gasteiger partial charge in [0.05, 0.1) is 23.5 Å². The minimum atomic E-state index is 0.531. The quantitative estimate of drug-likeness (QED) is 0.320. The summed E-state index contributed by atoms with van der Waals surface area (Å²) in [5, 5.41) is 10.3. The van der Waals surface area contributed by atoms with Gasteiger partial charge in [-0.3, -0.25) is 4.57 Å². The van der Waals surface area contributed by atoms with E-state index in [1.165, 1.54) is 0 Å². The summed E-state index contributed by atoms with van der Waals surface area (Å²) in [5.74, 6) is 2.04. The van der Waals surface area contributed by atoms with E-state index in [-0.39, 0.29) is 0 Å². The van der Waals surface area contributed by atoms with E-state index >= 15 is 0 Å². The molecule has 0 aliphatic rings. The van der Waals surface area contributed by atoms with E-state index in [0.717, 1.165) is 33.6 Å². The number of hydrogen-bond acceptors (Lipinski definition) is 5. The molecule has 0 amide bonds. The number of methoxy groups -OCH3 is 1. The van der Waals surface area contributed by atoms with Crippen LogP contribution < -0.4 is 4.74 Å². The molecule has 0 unspecified atom stereocenters. The number of thioether (sulfide) groups is 1. The standard InChI is InChI=1S/C23H18ClN5OS/c1-30-20-11-10-18(13-19(20)24)29-22(16-7-3-2-4-8-16)26-27-23(29)31-15-17-14-28-12-6-5-9-21(28)25-17/h2-14H,15H2,1H3. The number of fused-ring (bicyclic) bond motifs is 1. The van der Waals surface area contributed by atoms with E-state index in [9.17, 15) is 0 Å². The number of rotatable bonds is 6. The summed E-state index contributed by atoms with van der Waals surface area (Å²) in [6, 6.07) is 21.6. The minimum absolute atomic E-state index is 0.531. The molecular formula is C23H18ClN5OS. The van der Waals surface area contributed by atoms with Crippen molar-refractivity contribution in [3.63, 3.8) is 0 Å². The molecule has 5 aromatic rings. The SMILES string of the molecule is COc1ccc(-n2c(SCc3cn4ccccc4n3)nnc2-c2ccccc2)cc1Cl. The van der Waals surface area contributed by atoms with Crippen molar-refractivity contribution in [1.82, 2.24) is 24.1 Å². The molecule has 0 atom stereocenters. The van der Waals surface area contributed by atoms with Gasteiger partial charge in [-0.15, -0.1) is 10.2 Å². The van der Waals surface area contributed by atoms with Gasteiger partial charge in [0.15, 0.2) is 11.0 Å². The van der Waals surface area contributed by atoms with E-state index in [4.69, 9.17) is 16.3 Å². The van der Waals surface area contributed by atoms with E-state index in [1.54, 1.807) is 18.9 Å². The first-order chi connectivity index (χ1) is 15.2. The summed E-state index contributed by atoms with van der Waals surface area (Å²) in [4.78, 5) is 4.68. The third-order valence-corrected chi connectivity index (χ3v) is 6.08. The maximum atomic E-state index is 6.42. The molecule has 0 spiro atoms. The zero-order valence-electron chi connectivity index (χ0n) is 16.6. The summed E-state index contributed by atoms with van der Waals surface area (Å²) in [6.07, 6.45) is 4.03. The van der Waals surface area contributed by atoms with Crippen LogP contribution in [-0.4, -0.2) is 31.3 Å². The van der Waals surface area contributed by atoms with Gasteiger partial charge in [0, 0.05) is 23.7 Å². The number of pyridine rings is 1. The molecule has 31 heavy (non-hydrogen) atoms. The third-order valence-electron chi connectivity index (χ3n) is 4.82. The van der Waals surface area contributed by atoms with Gasteiger partial charge in [-0.25, -0.2) is 4.98 Å². The van der Waals surface area contributed by atoms with Gasteiger partial charge in [-0.05, 0) is 30.3 Å². The third kappa shape index (κ3) is 3.89. The van der Waals surface area contributed by atoms with Gasteiger partial charge in [-0.2, -0.15) is 0 Å². The number of ether oxygens (including phenoxy) is 1. The van der Waals surface area contributed by atoms with Crippen molar-refractivity contribution in [2.24, 2.45) is 0 Å². The molecule has 8 heteroatoms. The van der Waals surface area contributed by atoms with Crippen molar-refractivity contribution in [1.29, 1.82) is 0 Å². The summed E-state index contributed by atoms with van der Waals surface area (Å²) < 4.78 is 9.34. The average Bonchev–Trinajstić information content (AvgIpc) is 3.42. The Labute approximate surface area is 188 Å². The normalized spacial score (nSPS) is 11.2. The van der Waals surface area contributed by atoms with E-state index in [0.29, 0.717) is 16.5 Å². The summed E-state index contributed by atoms with van der Waals surface area (Å²) in [7, 11) is 1.60. The molecule has 3 aromatic heterocycles. The number of hydrogen-bond donors (Lipinski definition) is 0. The predicted octanol–water partition coefficient (Wildman–Crippen LogP) is 5.54. The Bertz CT molecular complexity index is 1320. The van der Waals surface area contributed by atoms with Gasteiger partial charge in [0.25, 0.3) is 0 Å². The largest absolute Gasteiger partial charge is 0.495 e. The fourth-order valence-corrected chi connectivity index (χ4v) is 4.45. The lowest BCUT2D eigenvalue weighted by Crippen LogP contribution is -2.00. The highest BCUT2D eigenvalue weighted by Gasteiger charge is 2.18. The first kappa shape index (κ1) is 19.7. The lowest BCUT2D eigenvalue weighted by molar-refractivity contribution is 0.415. The second-order valence-electron chi connectivity index (χ2n) is 6.81. The van der Waals surface area contributed by atoms with E-state index < -0.39 is 0 Å². The van der Waals surface area contributed by atoms with Crippen molar-refractivity contribution in [3.8, 4) is 22.8 Å². The zero-order chi connectivity index (χ0) is 21.2. The van der Waals surface area contributed by atoms with Crippen LogP contribution in [0.2, 0.25) is 5.02 Å². The Morgan fingerprint density at radius 2 is 1.84 bits per heavy atom. The highest BCUT2D eigenvalue weighted by atomic mass is 35.5. The fraction of sp³-hybridized carbons (Fsp3) is 0.0870. The highest BCUT2D eigenvalue weighted by Crippen LogP contribution is 2.33. The smallest absolute Gasteiger partial charge is 0.196 e. The van der Waals surface area contributed by atoms with Crippen molar-refractivity contribution in [2.45, 2.75) is 10.9 Å². The molecule has 2 aromatic carbocycles. The van der Waals surface area contributed by atoms with Crippen LogP contribution >= 0.6 is 23.4 Å². The molecule has 0 N–H and O–H groups in total. The summed E-state index contributed by atoms with van der Waals surface area (Å²) in [5.41, 5.74) is 3.74. The fourth-order valence-electron chi connectivity index (χ4n) is 3.36. The molecule has 0 saturated heterocycles. The van der Waals surface area contributed by atoms with Crippen LogP contribution in [-0.2, 0) is 5.75 Å². The van der Waals surface area contributed by atoms with Crippen molar-refractivity contribution < 1.29 is 4.74 Å². The Hall–Kier alpha value is -3.29. The Morgan fingerprint density at radius 1 is 1.00 bits per heavy atom. The van der Waals surface area contributed by atoms with Gasteiger partial charge in [-0.1, -0.05) is 59.8 Å². The van der Waals surface area contributed by atoms with Crippen LogP contribution in [0.15, 0.2) is 84.3 Å². The van der Waals surface area contributed by atoms with Gasteiger partial charge in [0.1, 0.15) is 11.4 Å². The summed E-state index contributed by atoms with van der Waals surface area (Å²) >= 11 is 8.00. The zero-order valence-corrected chi connectivity index (χ0v) is 18.2. The second-order valence-corrected chi connectivity index (χ2v) is 8.16. The number of halogens is 1. The molecule has 0 aliphatic heterocycles. The van der Waals surface area contributed by atoms with Crippen molar-refractivity contribution in [2.75, 3.05) is 7.11 Å². The molecule has 0 radical (unpaired) electrons. The predicted molar refractivity (Wildman–Crippen MR) is 123 cm³/mol. The van der Waals surface area contributed by atoms with Crippen LogP contribution in [0.3, 0.4) is 0 Å². The first-order valence-corrected chi connectivity index (χ1v) is 11.0. The van der Waals surface area contributed by atoms with Crippen LogP contribution in [0.25, 0.3) is 22.7 Å². The summed E-state index contributed by atoms with van der Waals surface area (Å²) in [6.45, 7) is 0. The van der Waals surface area contributed by atoms with Crippen LogP contribution in [0.1, 0.15) is 5.69 Å². The highest BCUT2D eigenvalue weighted by molar-refractivity contribution is 7.98. The molecular weight excluding hydrogens is 430 g/mol. The second kappa shape index (κ2) is 8.45. The Balaban J connectivity index is 1.53. The molecule has 0 saturated carbocycles. The number of imidazole rings is 1. The molecule has 5 rings (SSSR count). The van der Waals surface area contributed by atoms with Crippen LogP contribution in [0.5, 0.6) is 5.75 Å². The van der Waals surface area contributed by atoms with Crippen LogP contribution in [0.4, 0.5) is 0 Å². The molecule has 3 heterocycles. The minimum Gasteiger partial charge on any atom is -0.495 e. The number of aromatic nitrogens is 5. The van der Waals surface area contributed by atoms with Gasteiger partial charge in [0.2, 0.25) is 0 Å². The molecule has 154 valence electrons. The molecule has 0 aliphatic carbocycles. The maximum absolute atomic E-state index is 6.42. The van der Waals surface area contributed by atoms with Gasteiger partial charge < -0.3 is 9.14 Å². The topological polar surface area (TPSA) is 57.2 Å². The first-order valence-electron chi connectivity index (χ1n) is 9.63. The maximum Gasteiger partial charge on any atom is 0.196 e. The lowest BCUT2D eigenvalue weighted by atomic mass is 10.2. The Morgan fingerprint density at radius 3 is 2.61 bits per heavy atom.